The van der Waals surface area contributed by atoms with Gasteiger partial charge in [0.1, 0.15) is 0 Å². The smallest absolute Gasteiger partial charge is 0.150 e. The van der Waals surface area contributed by atoms with Crippen molar-refractivity contribution in [2.45, 2.75) is 19.3 Å². The predicted octanol–water partition coefficient (Wildman–Crippen LogP) is 0.470. The van der Waals surface area contributed by atoms with Crippen molar-refractivity contribution in [1.82, 2.24) is 0 Å². The maximum Gasteiger partial charge on any atom is 0.150 e. The van der Waals surface area contributed by atoms with E-state index < -0.39 is 9.84 Å². The van der Waals surface area contributed by atoms with Crippen molar-refractivity contribution in [2.24, 2.45) is 5.73 Å². The van der Waals surface area contributed by atoms with Crippen molar-refractivity contribution >= 4 is 9.84 Å². The SMILES string of the molecule is NC/C=C1/CCCS(=O)(=O)CC1. The first-order chi connectivity index (χ1) is 5.64. The topological polar surface area (TPSA) is 60.2 Å². The Morgan fingerprint density at radius 2 is 2.08 bits per heavy atom. The van der Waals surface area contributed by atoms with Crippen LogP contribution in [0.3, 0.4) is 0 Å². The van der Waals surface area contributed by atoms with E-state index in [-0.39, 0.29) is 0 Å². The molecule has 2 N–H and O–H groups in total. The molecule has 4 heteroatoms. The van der Waals surface area contributed by atoms with Crippen LogP contribution < -0.4 is 5.73 Å². The minimum absolute atomic E-state index is 0.304. The molecule has 1 rings (SSSR count). The van der Waals surface area contributed by atoms with Crippen LogP contribution in [0.5, 0.6) is 0 Å². The summed E-state index contributed by atoms with van der Waals surface area (Å²) in [5.74, 6) is 0.647. The van der Waals surface area contributed by atoms with E-state index in [2.05, 4.69) is 0 Å². The Kier molecular flexibility index (Phi) is 3.29. The summed E-state index contributed by atoms with van der Waals surface area (Å²) in [6.07, 6.45) is 4.28. The van der Waals surface area contributed by atoms with Crippen LogP contribution in [-0.2, 0) is 9.84 Å². The summed E-state index contributed by atoms with van der Waals surface area (Å²) in [7, 11) is -2.75. The van der Waals surface area contributed by atoms with E-state index in [1.807, 2.05) is 6.08 Å². The van der Waals surface area contributed by atoms with Crippen LogP contribution in [0.2, 0.25) is 0 Å². The fourth-order valence-corrected chi connectivity index (χ4v) is 2.77. The molecule has 0 bridgehead atoms. The first-order valence-corrected chi connectivity index (χ1v) is 6.04. The summed E-state index contributed by atoms with van der Waals surface area (Å²) in [6.45, 7) is 0.523. The molecule has 1 aliphatic rings. The second kappa shape index (κ2) is 4.05. The molecule has 12 heavy (non-hydrogen) atoms. The van der Waals surface area contributed by atoms with Crippen LogP contribution in [0.4, 0.5) is 0 Å². The van der Waals surface area contributed by atoms with Gasteiger partial charge in [-0.1, -0.05) is 11.6 Å². The van der Waals surface area contributed by atoms with E-state index in [4.69, 9.17) is 5.73 Å². The molecule has 1 aliphatic heterocycles. The quantitative estimate of drug-likeness (QED) is 0.610. The van der Waals surface area contributed by atoms with Crippen molar-refractivity contribution in [3.8, 4) is 0 Å². The van der Waals surface area contributed by atoms with Crippen LogP contribution in [0.15, 0.2) is 11.6 Å². The zero-order chi connectivity index (χ0) is 9.03. The van der Waals surface area contributed by atoms with Crippen molar-refractivity contribution in [1.29, 1.82) is 0 Å². The molecule has 0 unspecified atom stereocenters. The highest BCUT2D eigenvalue weighted by Crippen LogP contribution is 2.17. The molecule has 1 fully saturated rings. The minimum Gasteiger partial charge on any atom is -0.327 e. The van der Waals surface area contributed by atoms with E-state index in [0.29, 0.717) is 24.5 Å². The maximum absolute atomic E-state index is 11.2. The average molecular weight is 189 g/mol. The molecule has 0 aromatic heterocycles. The summed E-state index contributed by atoms with van der Waals surface area (Å²) in [4.78, 5) is 0. The first kappa shape index (κ1) is 9.74. The highest BCUT2D eigenvalue weighted by molar-refractivity contribution is 7.91. The molecular weight excluding hydrogens is 174 g/mol. The fraction of sp³-hybridized carbons (Fsp3) is 0.750. The first-order valence-electron chi connectivity index (χ1n) is 4.22. The van der Waals surface area contributed by atoms with Gasteiger partial charge in [0.05, 0.1) is 11.5 Å². The summed E-state index contributed by atoms with van der Waals surface area (Å²) in [5.41, 5.74) is 6.56. The monoisotopic (exact) mass is 189 g/mol. The summed E-state index contributed by atoms with van der Waals surface area (Å²) in [6, 6.07) is 0. The number of hydrogen-bond donors (Lipinski definition) is 1. The molecule has 0 saturated carbocycles. The third-order valence-electron chi connectivity index (χ3n) is 2.09. The molecule has 70 valence electrons. The van der Waals surface area contributed by atoms with Crippen LogP contribution in [0.25, 0.3) is 0 Å². The van der Waals surface area contributed by atoms with Gasteiger partial charge < -0.3 is 5.73 Å². The van der Waals surface area contributed by atoms with Gasteiger partial charge in [0, 0.05) is 6.54 Å². The highest BCUT2D eigenvalue weighted by Gasteiger charge is 2.15. The van der Waals surface area contributed by atoms with Crippen molar-refractivity contribution in [2.75, 3.05) is 18.1 Å². The number of sulfone groups is 1. The van der Waals surface area contributed by atoms with Gasteiger partial charge in [-0.15, -0.1) is 0 Å². The standard InChI is InChI=1S/C8H15NO2S/c9-5-3-8-2-1-6-12(10,11)7-4-8/h3H,1-2,4-7,9H2/b8-3-. The van der Waals surface area contributed by atoms with E-state index in [0.717, 1.165) is 12.8 Å². The van der Waals surface area contributed by atoms with Gasteiger partial charge in [0.2, 0.25) is 0 Å². The Hall–Kier alpha value is -0.350. The van der Waals surface area contributed by atoms with Crippen LogP contribution >= 0.6 is 0 Å². The summed E-state index contributed by atoms with van der Waals surface area (Å²) < 4.78 is 22.3. The lowest BCUT2D eigenvalue weighted by Crippen LogP contribution is -2.07. The predicted molar refractivity (Wildman–Crippen MR) is 49.6 cm³/mol. The van der Waals surface area contributed by atoms with Crippen LogP contribution in [-0.4, -0.2) is 26.5 Å². The number of hydrogen-bond acceptors (Lipinski definition) is 3. The Morgan fingerprint density at radius 3 is 2.75 bits per heavy atom. The lowest BCUT2D eigenvalue weighted by molar-refractivity contribution is 0.596. The van der Waals surface area contributed by atoms with E-state index in [9.17, 15) is 8.42 Å². The second-order valence-corrected chi connectivity index (χ2v) is 5.41. The Labute approximate surface area is 73.6 Å². The zero-order valence-corrected chi connectivity index (χ0v) is 7.94. The Morgan fingerprint density at radius 1 is 1.33 bits per heavy atom. The number of rotatable bonds is 1. The Bertz CT molecular complexity index is 267. The van der Waals surface area contributed by atoms with Crippen molar-refractivity contribution < 1.29 is 8.42 Å². The molecule has 1 saturated heterocycles. The molecule has 0 amide bonds. The molecule has 1 heterocycles. The van der Waals surface area contributed by atoms with Gasteiger partial charge in [-0.3, -0.25) is 0 Å². The van der Waals surface area contributed by atoms with Crippen LogP contribution in [0.1, 0.15) is 19.3 Å². The summed E-state index contributed by atoms with van der Waals surface area (Å²) in [5, 5.41) is 0. The van der Waals surface area contributed by atoms with E-state index in [1.54, 1.807) is 0 Å². The summed E-state index contributed by atoms with van der Waals surface area (Å²) >= 11 is 0. The number of nitrogens with two attached hydrogens (primary N) is 1. The van der Waals surface area contributed by atoms with Crippen LogP contribution in [0, 0.1) is 0 Å². The molecule has 0 radical (unpaired) electrons. The van der Waals surface area contributed by atoms with Gasteiger partial charge in [-0.2, -0.15) is 0 Å². The molecule has 0 aromatic rings. The lowest BCUT2D eigenvalue weighted by atomic mass is 10.1. The van der Waals surface area contributed by atoms with Gasteiger partial charge in [0.15, 0.2) is 9.84 Å². The average Bonchev–Trinajstić information content (AvgIpc) is 2.14. The second-order valence-electron chi connectivity index (χ2n) is 3.10. The fourth-order valence-electron chi connectivity index (χ4n) is 1.40. The zero-order valence-electron chi connectivity index (χ0n) is 7.12. The largest absolute Gasteiger partial charge is 0.327 e. The van der Waals surface area contributed by atoms with E-state index in [1.165, 1.54) is 5.57 Å². The van der Waals surface area contributed by atoms with Gasteiger partial charge in [-0.05, 0) is 19.3 Å². The molecule has 0 atom stereocenters. The molecule has 0 aliphatic carbocycles. The number of allylic oxidation sites excluding steroid dienone is 1. The molecule has 3 nitrogen and oxygen atoms in total. The lowest BCUT2D eigenvalue weighted by Gasteiger charge is -1.98. The van der Waals surface area contributed by atoms with Gasteiger partial charge >= 0.3 is 0 Å². The normalized spacial score (nSPS) is 26.9. The maximum atomic E-state index is 11.2. The molecule has 0 aromatic carbocycles. The van der Waals surface area contributed by atoms with Crippen molar-refractivity contribution in [3.63, 3.8) is 0 Å². The third kappa shape index (κ3) is 2.95. The van der Waals surface area contributed by atoms with E-state index >= 15 is 0 Å². The van der Waals surface area contributed by atoms with Gasteiger partial charge in [-0.25, -0.2) is 8.42 Å². The minimum atomic E-state index is -2.75. The highest BCUT2D eigenvalue weighted by atomic mass is 32.2. The third-order valence-corrected chi connectivity index (χ3v) is 3.83. The van der Waals surface area contributed by atoms with Gasteiger partial charge in [0.25, 0.3) is 0 Å². The molecular formula is C8H15NO2S. The van der Waals surface area contributed by atoms with Crippen molar-refractivity contribution in [3.05, 3.63) is 11.6 Å². The Balaban J connectivity index is 2.62. The molecule has 0 spiro atoms.